The standard InChI is InChI=1S/C32H37F3N8O4/c1-42(16-31(17-47-2)9-3-4-10-31)24-13-22(20-12-21(32(33,34)35)26(36-14-20)19-7-8-19)38-28-27(24)39-30(40-28)41-29(46)23-15-43(18-37-23)11-5-6-25(44)45/h12-15,18-19H,3-11,16-17H2,1-2H3,(H,44,45)(H2,38,39,40,41,46). The predicted molar refractivity (Wildman–Crippen MR) is 167 cm³/mol. The predicted octanol–water partition coefficient (Wildman–Crippen LogP) is 5.87. The quantitative estimate of drug-likeness (QED) is 0.161. The highest BCUT2D eigenvalue weighted by atomic mass is 19.4. The second kappa shape index (κ2) is 12.9. The normalized spacial score (nSPS) is 16.1. The summed E-state index contributed by atoms with van der Waals surface area (Å²) in [5.74, 6) is -1.54. The molecule has 15 heteroatoms. The minimum Gasteiger partial charge on any atom is -0.481 e. The number of carboxylic acid groups (broad SMARTS) is 1. The molecule has 2 aliphatic rings. The zero-order valence-corrected chi connectivity index (χ0v) is 26.2. The molecule has 0 unspecified atom stereocenters. The Balaban J connectivity index is 1.34. The summed E-state index contributed by atoms with van der Waals surface area (Å²) in [5.41, 5.74) is 1.20. The first-order chi connectivity index (χ1) is 22.4. The van der Waals surface area contributed by atoms with Crippen molar-refractivity contribution in [3.05, 3.63) is 47.8 Å². The lowest BCUT2D eigenvalue weighted by Crippen LogP contribution is -2.37. The number of nitrogens with one attached hydrogen (secondary N) is 2. The van der Waals surface area contributed by atoms with Gasteiger partial charge in [-0.1, -0.05) is 12.8 Å². The molecule has 2 aliphatic carbocycles. The maximum Gasteiger partial charge on any atom is 0.418 e. The Morgan fingerprint density at radius 2 is 1.96 bits per heavy atom. The molecular formula is C32H37F3N8O4. The van der Waals surface area contributed by atoms with Gasteiger partial charge in [0.15, 0.2) is 5.65 Å². The number of anilines is 2. The summed E-state index contributed by atoms with van der Waals surface area (Å²) < 4.78 is 49.6. The van der Waals surface area contributed by atoms with E-state index in [9.17, 15) is 22.8 Å². The second-order valence-corrected chi connectivity index (χ2v) is 12.7. The van der Waals surface area contributed by atoms with Crippen LogP contribution in [0.4, 0.5) is 24.8 Å². The van der Waals surface area contributed by atoms with E-state index >= 15 is 0 Å². The maximum atomic E-state index is 14.1. The summed E-state index contributed by atoms with van der Waals surface area (Å²) in [6.45, 7) is 1.59. The fraction of sp³-hybridized carbons (Fsp3) is 0.500. The summed E-state index contributed by atoms with van der Waals surface area (Å²) in [4.78, 5) is 46.6. The molecule has 0 radical (unpaired) electrons. The van der Waals surface area contributed by atoms with Gasteiger partial charge in [-0.3, -0.25) is 19.9 Å². The highest BCUT2D eigenvalue weighted by Gasteiger charge is 2.40. The largest absolute Gasteiger partial charge is 0.481 e. The molecule has 4 aromatic heterocycles. The average molecular weight is 655 g/mol. The van der Waals surface area contributed by atoms with E-state index in [-0.39, 0.29) is 52.0 Å². The second-order valence-electron chi connectivity index (χ2n) is 12.7. The van der Waals surface area contributed by atoms with Gasteiger partial charge in [-0.25, -0.2) is 9.97 Å². The van der Waals surface area contributed by atoms with E-state index in [4.69, 9.17) is 9.84 Å². The number of hydrogen-bond donors (Lipinski definition) is 3. The number of H-pyrrole nitrogens is 1. The number of aromatic nitrogens is 6. The van der Waals surface area contributed by atoms with Gasteiger partial charge in [0.25, 0.3) is 5.91 Å². The molecule has 0 saturated heterocycles. The van der Waals surface area contributed by atoms with Crippen molar-refractivity contribution in [1.82, 2.24) is 29.5 Å². The molecule has 0 aromatic carbocycles. The van der Waals surface area contributed by atoms with Crippen LogP contribution in [0.3, 0.4) is 0 Å². The number of carbonyl (C=O) groups is 2. The van der Waals surface area contributed by atoms with Crippen LogP contribution in [0.5, 0.6) is 0 Å². The molecule has 0 spiro atoms. The average Bonchev–Trinajstić information content (AvgIpc) is 3.36. The van der Waals surface area contributed by atoms with Crippen molar-refractivity contribution in [1.29, 1.82) is 0 Å². The van der Waals surface area contributed by atoms with Crippen LogP contribution in [-0.4, -0.2) is 73.8 Å². The van der Waals surface area contributed by atoms with Gasteiger partial charge in [0, 0.05) is 63.0 Å². The molecule has 2 fully saturated rings. The molecule has 2 saturated carbocycles. The number of amides is 1. The Morgan fingerprint density at radius 1 is 1.19 bits per heavy atom. The zero-order valence-electron chi connectivity index (χ0n) is 26.2. The fourth-order valence-corrected chi connectivity index (χ4v) is 6.56. The van der Waals surface area contributed by atoms with E-state index in [2.05, 4.69) is 30.2 Å². The number of pyridine rings is 2. The molecule has 0 bridgehead atoms. The molecule has 4 heterocycles. The van der Waals surface area contributed by atoms with Crippen LogP contribution in [0.2, 0.25) is 0 Å². The number of aryl methyl sites for hydroxylation is 1. The molecule has 47 heavy (non-hydrogen) atoms. The zero-order chi connectivity index (χ0) is 33.3. The number of ether oxygens (including phenoxy) is 1. The third-order valence-electron chi connectivity index (χ3n) is 8.93. The monoisotopic (exact) mass is 654 g/mol. The van der Waals surface area contributed by atoms with Gasteiger partial charge in [-0.15, -0.1) is 0 Å². The Labute approximate surface area is 268 Å². The topological polar surface area (TPSA) is 151 Å². The Bertz CT molecular complexity index is 1780. The van der Waals surface area contributed by atoms with Gasteiger partial charge >= 0.3 is 12.1 Å². The molecule has 12 nitrogen and oxygen atoms in total. The number of methoxy groups -OCH3 is 1. The summed E-state index contributed by atoms with van der Waals surface area (Å²) in [7, 11) is 3.60. The van der Waals surface area contributed by atoms with Gasteiger partial charge in [0.2, 0.25) is 5.95 Å². The van der Waals surface area contributed by atoms with Crippen LogP contribution in [-0.2, 0) is 22.3 Å². The third-order valence-corrected chi connectivity index (χ3v) is 8.93. The lowest BCUT2D eigenvalue weighted by Gasteiger charge is -2.34. The molecule has 3 N–H and O–H groups in total. The number of fused-ring (bicyclic) bond motifs is 1. The van der Waals surface area contributed by atoms with Crippen LogP contribution in [0.25, 0.3) is 22.4 Å². The molecule has 0 atom stereocenters. The molecule has 6 rings (SSSR count). The van der Waals surface area contributed by atoms with Crippen molar-refractivity contribution >= 4 is 34.7 Å². The maximum absolute atomic E-state index is 14.1. The number of rotatable bonds is 13. The van der Waals surface area contributed by atoms with Gasteiger partial charge in [0.05, 0.1) is 35.6 Å². The fourth-order valence-electron chi connectivity index (χ4n) is 6.56. The number of imidazole rings is 2. The summed E-state index contributed by atoms with van der Waals surface area (Å²) in [6, 6.07) is 2.85. The van der Waals surface area contributed by atoms with Crippen LogP contribution >= 0.6 is 0 Å². The molecule has 4 aromatic rings. The van der Waals surface area contributed by atoms with E-state index in [1.807, 2.05) is 11.9 Å². The van der Waals surface area contributed by atoms with Gasteiger partial charge in [0.1, 0.15) is 11.2 Å². The molecular weight excluding hydrogens is 617 g/mol. The van der Waals surface area contributed by atoms with Gasteiger partial charge < -0.3 is 24.3 Å². The van der Waals surface area contributed by atoms with E-state index in [1.54, 1.807) is 17.7 Å². The Morgan fingerprint density at radius 3 is 2.64 bits per heavy atom. The number of carboxylic acids is 1. The highest BCUT2D eigenvalue weighted by molar-refractivity contribution is 6.03. The van der Waals surface area contributed by atoms with E-state index in [0.29, 0.717) is 50.2 Å². The lowest BCUT2D eigenvalue weighted by molar-refractivity contribution is -0.139. The number of halogens is 3. The number of alkyl halides is 3. The first kappa shape index (κ1) is 32.4. The Kier molecular flexibility index (Phi) is 8.92. The Hall–Kier alpha value is -4.53. The first-order valence-corrected chi connectivity index (χ1v) is 15.7. The molecule has 0 aliphatic heterocycles. The first-order valence-electron chi connectivity index (χ1n) is 15.7. The number of aliphatic carboxylic acids is 1. The summed E-state index contributed by atoms with van der Waals surface area (Å²) in [5, 5.41) is 11.6. The van der Waals surface area contributed by atoms with Crippen molar-refractivity contribution < 1.29 is 32.6 Å². The molecule has 250 valence electrons. The summed E-state index contributed by atoms with van der Waals surface area (Å²) in [6.07, 6.45) is 5.74. The molecule has 1 amide bonds. The van der Waals surface area contributed by atoms with Crippen LogP contribution in [0.15, 0.2) is 30.9 Å². The van der Waals surface area contributed by atoms with Crippen LogP contribution in [0, 0.1) is 5.41 Å². The minimum absolute atomic E-state index is 0.00467. The van der Waals surface area contributed by atoms with Crippen molar-refractivity contribution in [2.45, 2.75) is 70.0 Å². The van der Waals surface area contributed by atoms with Crippen molar-refractivity contribution in [2.75, 3.05) is 37.5 Å². The van der Waals surface area contributed by atoms with Crippen LogP contribution in [0.1, 0.15) is 79.0 Å². The van der Waals surface area contributed by atoms with Gasteiger partial charge in [-0.05, 0) is 44.2 Å². The highest BCUT2D eigenvalue weighted by Crippen LogP contribution is 2.46. The number of hydrogen-bond acceptors (Lipinski definition) is 8. The van der Waals surface area contributed by atoms with Crippen molar-refractivity contribution in [3.8, 4) is 11.3 Å². The van der Waals surface area contributed by atoms with Crippen molar-refractivity contribution in [3.63, 3.8) is 0 Å². The lowest BCUT2D eigenvalue weighted by atomic mass is 9.86. The number of nitrogens with zero attached hydrogens (tertiary/aromatic N) is 6. The SMILES string of the molecule is COCC1(CN(C)c2cc(-c3cnc(C4CC4)c(C(F)(F)F)c3)nc3nc(NC(=O)c4cn(CCCC(=O)O)cn4)[nH]c23)CCCC1. The van der Waals surface area contributed by atoms with Crippen LogP contribution < -0.4 is 10.2 Å². The minimum atomic E-state index is -4.56. The smallest absolute Gasteiger partial charge is 0.418 e. The number of aromatic amines is 1. The third kappa shape index (κ3) is 7.24. The van der Waals surface area contributed by atoms with E-state index in [0.717, 1.165) is 31.7 Å². The van der Waals surface area contributed by atoms with Crippen molar-refractivity contribution in [2.24, 2.45) is 5.41 Å². The van der Waals surface area contributed by atoms with E-state index < -0.39 is 23.6 Å². The van der Waals surface area contributed by atoms with Gasteiger partial charge in [-0.2, -0.15) is 18.2 Å². The van der Waals surface area contributed by atoms with E-state index in [1.165, 1.54) is 18.7 Å². The number of carbonyl (C=O) groups excluding carboxylic acids is 1. The summed E-state index contributed by atoms with van der Waals surface area (Å²) >= 11 is 0.